The molecule has 0 spiro atoms. The van der Waals surface area contributed by atoms with E-state index in [1.807, 2.05) is 0 Å². The van der Waals surface area contributed by atoms with E-state index in [0.717, 1.165) is 19.4 Å². The fraction of sp³-hybridized carbons (Fsp3) is 0.458. The van der Waals surface area contributed by atoms with Crippen LogP contribution in [0.3, 0.4) is 0 Å². The molecule has 7 nitrogen and oxygen atoms in total. The molecule has 0 aromatic heterocycles. The van der Waals surface area contributed by atoms with Gasteiger partial charge in [-0.3, -0.25) is 9.10 Å². The Balaban J connectivity index is 1.41. The zero-order valence-corrected chi connectivity index (χ0v) is 19.9. The second kappa shape index (κ2) is 10.7. The number of para-hydroxylation sites is 1. The number of methoxy groups -OCH3 is 1. The Morgan fingerprint density at radius 1 is 1.16 bits per heavy atom. The minimum atomic E-state index is -3.44. The first-order chi connectivity index (χ1) is 15.3. The molecule has 1 unspecified atom stereocenters. The van der Waals surface area contributed by atoms with Crippen molar-refractivity contribution >= 4 is 27.3 Å². The van der Waals surface area contributed by atoms with Gasteiger partial charge in [0.15, 0.2) is 0 Å². The zero-order valence-electron chi connectivity index (χ0n) is 19.1. The van der Waals surface area contributed by atoms with Gasteiger partial charge < -0.3 is 15.0 Å². The standard InChI is InChI=1S/C24H33N3O4S/c1-19-18-20-8-4-5-9-23(20)26(19)16-7-15-25-24(28)10-6-17-27(32(3,29)30)21-11-13-22(31-2)14-12-21/h4-5,8-9,11-14,19H,6-7,10,15-18H2,1-3H3,(H,25,28). The van der Waals surface area contributed by atoms with Crippen molar-refractivity contribution in [1.82, 2.24) is 5.32 Å². The monoisotopic (exact) mass is 459 g/mol. The summed E-state index contributed by atoms with van der Waals surface area (Å²) in [6.07, 6.45) is 3.83. The van der Waals surface area contributed by atoms with Crippen LogP contribution in [-0.4, -0.2) is 53.4 Å². The Labute approximate surface area is 191 Å². The van der Waals surface area contributed by atoms with E-state index in [-0.39, 0.29) is 18.9 Å². The third-order valence-corrected chi connectivity index (χ3v) is 6.97. The maximum atomic E-state index is 12.2. The largest absolute Gasteiger partial charge is 0.497 e. The average Bonchev–Trinajstić information content (AvgIpc) is 3.08. The van der Waals surface area contributed by atoms with Crippen LogP contribution < -0.4 is 19.3 Å². The lowest BCUT2D eigenvalue weighted by molar-refractivity contribution is -0.121. The van der Waals surface area contributed by atoms with E-state index in [0.29, 0.717) is 30.4 Å². The van der Waals surface area contributed by atoms with Crippen LogP contribution in [0.1, 0.15) is 31.7 Å². The van der Waals surface area contributed by atoms with Crippen molar-refractivity contribution < 1.29 is 17.9 Å². The normalized spacial score (nSPS) is 15.3. The molecule has 1 amide bonds. The summed E-state index contributed by atoms with van der Waals surface area (Å²) in [4.78, 5) is 14.6. The van der Waals surface area contributed by atoms with Crippen molar-refractivity contribution in [3.8, 4) is 5.75 Å². The van der Waals surface area contributed by atoms with Crippen molar-refractivity contribution in [2.24, 2.45) is 0 Å². The summed E-state index contributed by atoms with van der Waals surface area (Å²) >= 11 is 0. The molecular formula is C24H33N3O4S. The molecule has 32 heavy (non-hydrogen) atoms. The lowest BCUT2D eigenvalue weighted by atomic mass is 10.1. The molecule has 1 N–H and O–H groups in total. The molecule has 3 rings (SSSR count). The molecule has 1 heterocycles. The second-order valence-electron chi connectivity index (χ2n) is 8.22. The van der Waals surface area contributed by atoms with Crippen LogP contribution in [0.5, 0.6) is 5.75 Å². The number of nitrogens with one attached hydrogen (secondary N) is 1. The Hall–Kier alpha value is -2.74. The number of carbonyl (C=O) groups excluding carboxylic acids is 1. The number of fused-ring (bicyclic) bond motifs is 1. The highest BCUT2D eigenvalue weighted by atomic mass is 32.2. The summed E-state index contributed by atoms with van der Waals surface area (Å²) < 4.78 is 30.9. The van der Waals surface area contributed by atoms with E-state index in [1.54, 1.807) is 31.4 Å². The van der Waals surface area contributed by atoms with Crippen molar-refractivity contribution in [3.05, 3.63) is 54.1 Å². The Bertz CT molecular complexity index is 1010. The molecule has 0 saturated heterocycles. The van der Waals surface area contributed by atoms with Crippen molar-refractivity contribution in [2.45, 2.75) is 38.6 Å². The number of hydrogen-bond acceptors (Lipinski definition) is 5. The van der Waals surface area contributed by atoms with Gasteiger partial charge in [0.25, 0.3) is 0 Å². The summed E-state index contributed by atoms with van der Waals surface area (Å²) in [5.41, 5.74) is 3.25. The van der Waals surface area contributed by atoms with Gasteiger partial charge in [0.05, 0.1) is 19.1 Å². The third kappa shape index (κ3) is 6.16. The van der Waals surface area contributed by atoms with Crippen LogP contribution >= 0.6 is 0 Å². The number of anilines is 2. The number of ether oxygens (including phenoxy) is 1. The molecule has 0 aliphatic carbocycles. The highest BCUT2D eigenvalue weighted by molar-refractivity contribution is 7.92. The fourth-order valence-corrected chi connectivity index (χ4v) is 5.12. The SMILES string of the molecule is COc1ccc(N(CCCC(=O)NCCCN2c3ccccc3CC2C)S(C)(=O)=O)cc1. The van der Waals surface area contributed by atoms with Gasteiger partial charge in [-0.1, -0.05) is 18.2 Å². The van der Waals surface area contributed by atoms with Gasteiger partial charge in [0, 0.05) is 37.8 Å². The lowest BCUT2D eigenvalue weighted by Gasteiger charge is -2.25. The molecule has 0 saturated carbocycles. The summed E-state index contributed by atoms with van der Waals surface area (Å²) in [5.74, 6) is 0.608. The minimum absolute atomic E-state index is 0.0527. The summed E-state index contributed by atoms with van der Waals surface area (Å²) in [5, 5.41) is 2.96. The van der Waals surface area contributed by atoms with E-state index in [4.69, 9.17) is 4.74 Å². The van der Waals surface area contributed by atoms with Gasteiger partial charge in [-0.2, -0.15) is 0 Å². The predicted molar refractivity (Wildman–Crippen MR) is 129 cm³/mol. The van der Waals surface area contributed by atoms with E-state index in [9.17, 15) is 13.2 Å². The summed E-state index contributed by atoms with van der Waals surface area (Å²) in [6.45, 7) is 3.99. The van der Waals surface area contributed by atoms with Crippen LogP contribution in [0.15, 0.2) is 48.5 Å². The van der Waals surface area contributed by atoms with Crippen molar-refractivity contribution in [3.63, 3.8) is 0 Å². The minimum Gasteiger partial charge on any atom is -0.497 e. The predicted octanol–water partition coefficient (Wildman–Crippen LogP) is 3.20. The Morgan fingerprint density at radius 2 is 1.88 bits per heavy atom. The first-order valence-corrected chi connectivity index (χ1v) is 12.9. The molecule has 1 aliphatic rings. The number of nitrogens with zero attached hydrogens (tertiary/aromatic N) is 2. The van der Waals surface area contributed by atoms with Crippen LogP contribution in [-0.2, 0) is 21.2 Å². The van der Waals surface area contributed by atoms with E-state index < -0.39 is 10.0 Å². The molecule has 8 heteroatoms. The number of rotatable bonds is 11. The van der Waals surface area contributed by atoms with E-state index >= 15 is 0 Å². The molecule has 2 aromatic rings. The molecule has 0 radical (unpaired) electrons. The smallest absolute Gasteiger partial charge is 0.232 e. The number of carbonyl (C=O) groups is 1. The molecular weight excluding hydrogens is 426 g/mol. The summed E-state index contributed by atoms with van der Waals surface area (Å²) in [6, 6.07) is 15.8. The van der Waals surface area contributed by atoms with Gasteiger partial charge in [-0.15, -0.1) is 0 Å². The van der Waals surface area contributed by atoms with Crippen LogP contribution in [0.25, 0.3) is 0 Å². The molecule has 174 valence electrons. The van der Waals surface area contributed by atoms with Gasteiger partial charge in [-0.05, 0) is 62.1 Å². The van der Waals surface area contributed by atoms with Gasteiger partial charge in [-0.25, -0.2) is 8.42 Å². The quantitative estimate of drug-likeness (QED) is 0.522. The maximum absolute atomic E-state index is 12.2. The van der Waals surface area contributed by atoms with Gasteiger partial charge >= 0.3 is 0 Å². The molecule has 2 aromatic carbocycles. The second-order valence-corrected chi connectivity index (χ2v) is 10.1. The Kier molecular flexibility index (Phi) is 8.01. The van der Waals surface area contributed by atoms with Gasteiger partial charge in [0.1, 0.15) is 5.75 Å². The number of hydrogen-bond donors (Lipinski definition) is 1. The summed E-state index contributed by atoms with van der Waals surface area (Å²) in [7, 11) is -1.88. The number of sulfonamides is 1. The molecule has 0 fully saturated rings. The molecule has 0 bridgehead atoms. The first kappa shape index (κ1) is 23.9. The fourth-order valence-electron chi connectivity index (χ4n) is 4.15. The maximum Gasteiger partial charge on any atom is 0.232 e. The first-order valence-electron chi connectivity index (χ1n) is 11.0. The topological polar surface area (TPSA) is 79.0 Å². The van der Waals surface area contributed by atoms with E-state index in [2.05, 4.69) is 41.4 Å². The lowest BCUT2D eigenvalue weighted by Crippen LogP contribution is -2.34. The van der Waals surface area contributed by atoms with Crippen molar-refractivity contribution in [1.29, 1.82) is 0 Å². The van der Waals surface area contributed by atoms with Crippen molar-refractivity contribution in [2.75, 3.05) is 42.2 Å². The van der Waals surface area contributed by atoms with Crippen LogP contribution in [0.4, 0.5) is 11.4 Å². The molecule has 1 aliphatic heterocycles. The Morgan fingerprint density at radius 3 is 2.56 bits per heavy atom. The van der Waals surface area contributed by atoms with Crippen LogP contribution in [0, 0.1) is 0 Å². The van der Waals surface area contributed by atoms with Gasteiger partial charge in [0.2, 0.25) is 15.9 Å². The molecule has 1 atom stereocenters. The van der Waals surface area contributed by atoms with E-state index in [1.165, 1.54) is 21.8 Å². The third-order valence-electron chi connectivity index (χ3n) is 5.77. The number of amides is 1. The highest BCUT2D eigenvalue weighted by Gasteiger charge is 2.24. The van der Waals surface area contributed by atoms with Crippen LogP contribution in [0.2, 0.25) is 0 Å². The highest BCUT2D eigenvalue weighted by Crippen LogP contribution is 2.31. The average molecular weight is 460 g/mol. The number of benzene rings is 2. The zero-order chi connectivity index (χ0) is 23.1.